The number of hydrogen-bond acceptors (Lipinski definition) is 5. The Balaban J connectivity index is 1.98. The number of benzene rings is 1. The van der Waals surface area contributed by atoms with Crippen molar-refractivity contribution in [2.24, 2.45) is 0 Å². The number of ether oxygens (including phenoxy) is 1. The number of rotatable bonds is 1. The first-order chi connectivity index (χ1) is 11.0. The zero-order valence-corrected chi connectivity index (χ0v) is 12.7. The van der Waals surface area contributed by atoms with E-state index < -0.39 is 17.5 Å². The number of amides is 1. The van der Waals surface area contributed by atoms with E-state index in [0.29, 0.717) is 13.1 Å². The maximum atomic E-state index is 13.4. The van der Waals surface area contributed by atoms with Gasteiger partial charge in [-0.15, -0.1) is 0 Å². The Bertz CT molecular complexity index is 777. The lowest BCUT2D eigenvalue weighted by Crippen LogP contribution is -2.50. The highest BCUT2D eigenvalue weighted by atomic mass is 19.1. The van der Waals surface area contributed by atoms with Crippen molar-refractivity contribution < 1.29 is 13.9 Å². The molecule has 2 aromatic rings. The number of carbonyl (C=O) groups excluding carboxylic acids is 1. The summed E-state index contributed by atoms with van der Waals surface area (Å²) in [6.45, 7) is 4.47. The molecule has 0 spiro atoms. The minimum absolute atomic E-state index is 0.124. The van der Waals surface area contributed by atoms with Gasteiger partial charge in [-0.3, -0.25) is 0 Å². The molecule has 0 radical (unpaired) electrons. The number of halogens is 1. The van der Waals surface area contributed by atoms with Gasteiger partial charge in [0.05, 0.1) is 17.9 Å². The average Bonchev–Trinajstić information content (AvgIpc) is 2.87. The van der Waals surface area contributed by atoms with E-state index in [2.05, 4.69) is 10.3 Å². The molecule has 122 valence electrons. The number of carbonyl (C=O) groups is 1. The summed E-state index contributed by atoms with van der Waals surface area (Å²) in [6, 6.07) is 4.82. The molecule has 0 N–H and O–H groups in total. The number of tetrazole rings is 1. The maximum Gasteiger partial charge on any atom is 0.389 e. The van der Waals surface area contributed by atoms with Crippen molar-refractivity contribution in [2.75, 3.05) is 13.1 Å². The molecule has 1 aliphatic rings. The Kier molecular flexibility index (Phi) is 3.95. The van der Waals surface area contributed by atoms with Gasteiger partial charge in [0, 0.05) is 13.1 Å². The minimum Gasteiger partial charge on any atom is -0.372 e. The first-order valence-corrected chi connectivity index (χ1v) is 7.21. The molecule has 1 fully saturated rings. The Morgan fingerprint density at radius 3 is 2.65 bits per heavy atom. The molecule has 1 saturated heterocycles. The van der Waals surface area contributed by atoms with Crippen molar-refractivity contribution >= 4 is 6.03 Å². The second-order valence-corrected chi connectivity index (χ2v) is 5.50. The van der Waals surface area contributed by atoms with Gasteiger partial charge in [0.15, 0.2) is 0 Å². The summed E-state index contributed by atoms with van der Waals surface area (Å²) in [5.41, 5.74) is -0.569. The van der Waals surface area contributed by atoms with Crippen LogP contribution in [0.25, 0.3) is 5.69 Å². The zero-order chi connectivity index (χ0) is 16.6. The topological polar surface area (TPSA) is 82.3 Å². The van der Waals surface area contributed by atoms with Crippen molar-refractivity contribution in [3.05, 3.63) is 40.6 Å². The molecule has 0 aliphatic carbocycles. The Morgan fingerprint density at radius 2 is 2.00 bits per heavy atom. The van der Waals surface area contributed by atoms with Crippen LogP contribution in [0.2, 0.25) is 0 Å². The van der Waals surface area contributed by atoms with Gasteiger partial charge in [-0.1, -0.05) is 16.0 Å². The molecule has 2 atom stereocenters. The lowest BCUT2D eigenvalue weighted by molar-refractivity contribution is -0.0551. The lowest BCUT2D eigenvalue weighted by Gasteiger charge is -2.34. The smallest absolute Gasteiger partial charge is 0.372 e. The Hall–Kier alpha value is -2.55. The van der Waals surface area contributed by atoms with Crippen LogP contribution in [-0.2, 0) is 4.74 Å². The second-order valence-electron chi connectivity index (χ2n) is 5.50. The van der Waals surface area contributed by atoms with Crippen LogP contribution in [0.4, 0.5) is 9.18 Å². The van der Waals surface area contributed by atoms with Crippen LogP contribution in [0.15, 0.2) is 29.1 Å². The van der Waals surface area contributed by atoms with E-state index in [0.717, 1.165) is 15.5 Å². The number of nitrogens with zero attached hydrogens (tertiary/aromatic N) is 5. The Morgan fingerprint density at radius 1 is 1.30 bits per heavy atom. The first-order valence-electron chi connectivity index (χ1n) is 7.21. The number of morpholine rings is 1. The highest BCUT2D eigenvalue weighted by Crippen LogP contribution is 2.13. The molecular weight excluding hydrogens is 305 g/mol. The van der Waals surface area contributed by atoms with E-state index >= 15 is 0 Å². The molecule has 1 aromatic carbocycles. The van der Waals surface area contributed by atoms with E-state index in [9.17, 15) is 14.0 Å². The van der Waals surface area contributed by atoms with Crippen molar-refractivity contribution in [1.29, 1.82) is 0 Å². The molecule has 1 aliphatic heterocycles. The minimum atomic E-state index is -0.752. The van der Waals surface area contributed by atoms with Crippen LogP contribution >= 0.6 is 0 Å². The molecule has 2 heterocycles. The van der Waals surface area contributed by atoms with Crippen molar-refractivity contribution in [3.8, 4) is 5.69 Å². The summed E-state index contributed by atoms with van der Waals surface area (Å²) in [6.07, 6.45) is -0.249. The third-order valence-electron chi connectivity index (χ3n) is 3.50. The van der Waals surface area contributed by atoms with Crippen LogP contribution in [0.3, 0.4) is 0 Å². The number of aromatic nitrogens is 4. The molecular formula is C14H16FN5O3. The van der Waals surface area contributed by atoms with Gasteiger partial charge in [-0.25, -0.2) is 14.0 Å². The fraction of sp³-hybridized carbons (Fsp3) is 0.429. The van der Waals surface area contributed by atoms with Gasteiger partial charge >= 0.3 is 11.7 Å². The third-order valence-corrected chi connectivity index (χ3v) is 3.50. The predicted octanol–water partition coefficient (Wildman–Crippen LogP) is 0.645. The molecule has 23 heavy (non-hydrogen) atoms. The summed E-state index contributed by atoms with van der Waals surface area (Å²) in [5, 5.41) is 7.01. The average molecular weight is 321 g/mol. The summed E-state index contributed by atoms with van der Waals surface area (Å²) < 4.78 is 19.9. The van der Waals surface area contributed by atoms with E-state index in [4.69, 9.17) is 4.74 Å². The largest absolute Gasteiger partial charge is 0.389 e. The molecule has 3 rings (SSSR count). The summed E-state index contributed by atoms with van der Waals surface area (Å²) in [5.74, 6) is -0.525. The van der Waals surface area contributed by atoms with E-state index in [1.807, 2.05) is 13.8 Å². The highest BCUT2D eigenvalue weighted by Gasteiger charge is 2.29. The molecule has 1 aromatic heterocycles. The molecule has 9 heteroatoms. The van der Waals surface area contributed by atoms with Gasteiger partial charge in [0.25, 0.3) is 0 Å². The van der Waals surface area contributed by atoms with Crippen LogP contribution < -0.4 is 5.69 Å². The van der Waals surface area contributed by atoms with Crippen molar-refractivity contribution in [1.82, 2.24) is 24.7 Å². The third kappa shape index (κ3) is 3.00. The van der Waals surface area contributed by atoms with Crippen LogP contribution in [0.1, 0.15) is 13.8 Å². The number of hydrogen-bond donors (Lipinski definition) is 0. The first kappa shape index (κ1) is 15.3. The van der Waals surface area contributed by atoms with Gasteiger partial charge in [-0.05, 0) is 37.3 Å². The predicted molar refractivity (Wildman–Crippen MR) is 78.0 cm³/mol. The van der Waals surface area contributed by atoms with Crippen LogP contribution in [0.5, 0.6) is 0 Å². The Labute approximate surface area is 131 Å². The molecule has 1 amide bonds. The fourth-order valence-electron chi connectivity index (χ4n) is 2.66. The highest BCUT2D eigenvalue weighted by molar-refractivity contribution is 5.75. The lowest BCUT2D eigenvalue weighted by atomic mass is 10.2. The van der Waals surface area contributed by atoms with Crippen LogP contribution in [0, 0.1) is 5.82 Å². The van der Waals surface area contributed by atoms with Gasteiger partial charge in [0.2, 0.25) is 0 Å². The van der Waals surface area contributed by atoms with E-state index in [1.54, 1.807) is 0 Å². The van der Waals surface area contributed by atoms with E-state index in [-0.39, 0.29) is 17.9 Å². The summed E-state index contributed by atoms with van der Waals surface area (Å²) in [4.78, 5) is 27.0. The molecule has 0 bridgehead atoms. The summed E-state index contributed by atoms with van der Waals surface area (Å²) in [7, 11) is 0. The standard InChI is InChI=1S/C14H16FN5O3/c1-9-7-18(8-10(2)23-9)14(22)20-17-16-13(21)19(20)12-5-3-4-11(15)6-12/h3-6,9-10H,7-8H2,1-2H3. The SMILES string of the molecule is CC1CN(C(=O)n2nnc(=O)n2-c2cccc(F)c2)CC(C)O1. The monoisotopic (exact) mass is 321 g/mol. The second kappa shape index (κ2) is 5.92. The van der Waals surface area contributed by atoms with Crippen molar-refractivity contribution in [2.45, 2.75) is 26.1 Å². The van der Waals surface area contributed by atoms with Gasteiger partial charge < -0.3 is 9.64 Å². The summed E-state index contributed by atoms with van der Waals surface area (Å²) >= 11 is 0. The van der Waals surface area contributed by atoms with Crippen LogP contribution in [-0.4, -0.2) is 56.0 Å². The zero-order valence-electron chi connectivity index (χ0n) is 12.7. The maximum absolute atomic E-state index is 13.4. The van der Waals surface area contributed by atoms with Gasteiger partial charge in [0.1, 0.15) is 5.82 Å². The van der Waals surface area contributed by atoms with Crippen molar-refractivity contribution in [3.63, 3.8) is 0 Å². The fourth-order valence-corrected chi connectivity index (χ4v) is 2.66. The molecule has 2 unspecified atom stereocenters. The molecule has 0 saturated carbocycles. The normalized spacial score (nSPS) is 21.4. The quantitative estimate of drug-likeness (QED) is 0.770. The van der Waals surface area contributed by atoms with Gasteiger partial charge in [-0.2, -0.15) is 4.68 Å². The van der Waals surface area contributed by atoms with E-state index in [1.165, 1.54) is 23.1 Å². The molecule has 8 nitrogen and oxygen atoms in total.